The number of thioether (sulfide) groups is 1. The van der Waals surface area contributed by atoms with Crippen LogP contribution in [0, 0.1) is 5.82 Å². The second-order valence-electron chi connectivity index (χ2n) is 4.68. The summed E-state index contributed by atoms with van der Waals surface area (Å²) in [5.41, 5.74) is 0.464. The van der Waals surface area contributed by atoms with Crippen molar-refractivity contribution in [2.75, 3.05) is 25.6 Å². The van der Waals surface area contributed by atoms with Gasteiger partial charge >= 0.3 is 0 Å². The van der Waals surface area contributed by atoms with E-state index in [9.17, 15) is 9.18 Å². The van der Waals surface area contributed by atoms with E-state index in [1.165, 1.54) is 12.1 Å². The summed E-state index contributed by atoms with van der Waals surface area (Å²) in [6.07, 6.45) is 3.60. The predicted molar refractivity (Wildman–Crippen MR) is 80.4 cm³/mol. The van der Waals surface area contributed by atoms with Crippen LogP contribution >= 0.6 is 11.8 Å². The van der Waals surface area contributed by atoms with Crippen molar-refractivity contribution >= 4 is 17.5 Å². The van der Waals surface area contributed by atoms with Crippen LogP contribution in [-0.4, -0.2) is 42.3 Å². The lowest BCUT2D eigenvalue weighted by Crippen LogP contribution is -2.34. The minimum atomic E-state index is -0.354. The van der Waals surface area contributed by atoms with Crippen LogP contribution in [-0.2, 0) is 0 Å². The largest absolute Gasteiger partial charge is 0.302 e. The molecule has 19 heavy (non-hydrogen) atoms. The first-order valence-electron chi connectivity index (χ1n) is 6.56. The molecule has 0 aliphatic rings. The maximum absolute atomic E-state index is 13.0. The van der Waals surface area contributed by atoms with E-state index in [-0.39, 0.29) is 11.6 Å². The third-order valence-corrected chi connectivity index (χ3v) is 4.01. The molecule has 0 aliphatic heterocycles. The van der Waals surface area contributed by atoms with E-state index in [0.29, 0.717) is 24.6 Å². The van der Waals surface area contributed by atoms with Crippen molar-refractivity contribution in [3.05, 3.63) is 35.6 Å². The van der Waals surface area contributed by atoms with Crippen molar-refractivity contribution in [3.63, 3.8) is 0 Å². The number of ketones is 1. The smallest absolute Gasteiger partial charge is 0.164 e. The van der Waals surface area contributed by atoms with E-state index >= 15 is 0 Å². The van der Waals surface area contributed by atoms with Crippen LogP contribution in [0.2, 0.25) is 0 Å². The highest BCUT2D eigenvalue weighted by molar-refractivity contribution is 7.98. The summed E-state index contributed by atoms with van der Waals surface area (Å²) in [6.45, 7) is 2.88. The lowest BCUT2D eigenvalue weighted by molar-refractivity contribution is 0.0961. The molecule has 4 heteroatoms. The minimum Gasteiger partial charge on any atom is -0.302 e. The standard InChI is InChI=1S/C15H22FNOS/c1-4-14(11-19-3)17(2)9-8-15(18)12-6-5-7-13(16)10-12/h5-7,10,14H,4,8-9,11H2,1-3H3. The van der Waals surface area contributed by atoms with Gasteiger partial charge in [-0.25, -0.2) is 4.39 Å². The van der Waals surface area contributed by atoms with Gasteiger partial charge in [-0.05, 0) is 31.9 Å². The van der Waals surface area contributed by atoms with Crippen molar-refractivity contribution in [3.8, 4) is 0 Å². The van der Waals surface area contributed by atoms with Gasteiger partial charge in [0.25, 0.3) is 0 Å². The summed E-state index contributed by atoms with van der Waals surface area (Å²) < 4.78 is 13.0. The van der Waals surface area contributed by atoms with Crippen molar-refractivity contribution in [2.24, 2.45) is 0 Å². The lowest BCUT2D eigenvalue weighted by Gasteiger charge is -2.26. The summed E-state index contributed by atoms with van der Waals surface area (Å²) in [4.78, 5) is 14.2. The van der Waals surface area contributed by atoms with Gasteiger partial charge in [-0.3, -0.25) is 4.79 Å². The van der Waals surface area contributed by atoms with Gasteiger partial charge in [-0.2, -0.15) is 11.8 Å². The van der Waals surface area contributed by atoms with Gasteiger partial charge in [-0.15, -0.1) is 0 Å². The molecule has 2 nitrogen and oxygen atoms in total. The highest BCUT2D eigenvalue weighted by Gasteiger charge is 2.14. The minimum absolute atomic E-state index is 0.00496. The van der Waals surface area contributed by atoms with E-state index in [2.05, 4.69) is 18.1 Å². The zero-order valence-corrected chi connectivity index (χ0v) is 12.7. The molecular weight excluding hydrogens is 261 g/mol. The van der Waals surface area contributed by atoms with Gasteiger partial charge in [0, 0.05) is 30.3 Å². The predicted octanol–water partition coefficient (Wildman–Crippen LogP) is 3.47. The first-order valence-corrected chi connectivity index (χ1v) is 7.95. The Morgan fingerprint density at radius 3 is 2.79 bits per heavy atom. The molecule has 0 N–H and O–H groups in total. The summed E-state index contributed by atoms with van der Waals surface area (Å²) >= 11 is 1.82. The molecule has 0 fully saturated rings. The molecule has 1 unspecified atom stereocenters. The summed E-state index contributed by atoms with van der Waals surface area (Å²) in [6, 6.07) is 6.41. The molecule has 1 atom stereocenters. The van der Waals surface area contributed by atoms with Gasteiger partial charge in [0.1, 0.15) is 5.82 Å². The molecule has 0 amide bonds. The van der Waals surface area contributed by atoms with Crippen molar-refractivity contribution in [2.45, 2.75) is 25.8 Å². The maximum atomic E-state index is 13.0. The maximum Gasteiger partial charge on any atom is 0.164 e. The highest BCUT2D eigenvalue weighted by atomic mass is 32.2. The first-order chi connectivity index (χ1) is 9.08. The number of carbonyl (C=O) groups is 1. The molecule has 0 bridgehead atoms. The number of Topliss-reactive ketones (excluding diaryl/α,β-unsaturated/α-hetero) is 1. The topological polar surface area (TPSA) is 20.3 Å². The number of benzene rings is 1. The zero-order chi connectivity index (χ0) is 14.3. The monoisotopic (exact) mass is 283 g/mol. The summed E-state index contributed by atoms with van der Waals surface area (Å²) in [7, 11) is 2.04. The van der Waals surface area contributed by atoms with Crippen LogP contribution in [0.3, 0.4) is 0 Å². The van der Waals surface area contributed by atoms with E-state index in [4.69, 9.17) is 0 Å². The molecule has 0 aliphatic carbocycles. The average molecular weight is 283 g/mol. The van der Waals surface area contributed by atoms with Gasteiger partial charge < -0.3 is 4.90 Å². The van der Waals surface area contributed by atoms with E-state index in [0.717, 1.165) is 12.2 Å². The molecule has 1 aromatic rings. The number of nitrogens with zero attached hydrogens (tertiary/aromatic N) is 1. The fourth-order valence-corrected chi connectivity index (χ4v) is 2.89. The first kappa shape index (κ1) is 16.2. The SMILES string of the molecule is CCC(CSC)N(C)CCC(=O)c1cccc(F)c1. The van der Waals surface area contributed by atoms with Crippen molar-refractivity contribution in [1.82, 2.24) is 4.90 Å². The quantitative estimate of drug-likeness (QED) is 0.681. The Kier molecular flexibility index (Phi) is 7.10. The molecule has 1 rings (SSSR count). The molecule has 106 valence electrons. The van der Waals surface area contributed by atoms with Gasteiger partial charge in [0.05, 0.1) is 0 Å². The Hall–Kier alpha value is -0.870. The zero-order valence-electron chi connectivity index (χ0n) is 11.9. The molecule has 0 saturated heterocycles. The van der Waals surface area contributed by atoms with Gasteiger partial charge in [0.15, 0.2) is 5.78 Å². The highest BCUT2D eigenvalue weighted by Crippen LogP contribution is 2.11. The third kappa shape index (κ3) is 5.33. The Balaban J connectivity index is 2.49. The van der Waals surface area contributed by atoms with Gasteiger partial charge in [-0.1, -0.05) is 19.1 Å². The molecule has 0 aromatic heterocycles. The Morgan fingerprint density at radius 1 is 1.47 bits per heavy atom. The average Bonchev–Trinajstić information content (AvgIpc) is 2.41. The second-order valence-corrected chi connectivity index (χ2v) is 5.59. The van der Waals surface area contributed by atoms with Crippen molar-refractivity contribution < 1.29 is 9.18 Å². The fourth-order valence-electron chi connectivity index (χ4n) is 2.02. The van der Waals surface area contributed by atoms with Gasteiger partial charge in [0.2, 0.25) is 0 Å². The summed E-state index contributed by atoms with van der Waals surface area (Å²) in [5.74, 6) is 0.722. The number of halogens is 1. The lowest BCUT2D eigenvalue weighted by atomic mass is 10.1. The molecule has 1 aromatic carbocycles. The number of hydrogen-bond acceptors (Lipinski definition) is 3. The van der Waals surface area contributed by atoms with Crippen LogP contribution in [0.5, 0.6) is 0 Å². The van der Waals surface area contributed by atoms with E-state index < -0.39 is 0 Å². The fraction of sp³-hybridized carbons (Fsp3) is 0.533. The molecule has 0 radical (unpaired) electrons. The molecule has 0 saturated carbocycles. The van der Waals surface area contributed by atoms with Crippen LogP contribution in [0.15, 0.2) is 24.3 Å². The normalized spacial score (nSPS) is 12.7. The van der Waals surface area contributed by atoms with Crippen molar-refractivity contribution in [1.29, 1.82) is 0 Å². The molecular formula is C15H22FNOS. The van der Waals surface area contributed by atoms with Crippen LogP contribution < -0.4 is 0 Å². The number of rotatable bonds is 8. The van der Waals surface area contributed by atoms with E-state index in [1.54, 1.807) is 12.1 Å². The van der Waals surface area contributed by atoms with Crippen LogP contribution in [0.4, 0.5) is 4.39 Å². The number of carbonyl (C=O) groups excluding carboxylic acids is 1. The Morgan fingerprint density at radius 2 is 2.21 bits per heavy atom. The molecule has 0 heterocycles. The second kappa shape index (κ2) is 8.33. The van der Waals surface area contributed by atoms with Crippen LogP contribution in [0.1, 0.15) is 30.1 Å². The Bertz CT molecular complexity index is 411. The van der Waals surface area contributed by atoms with Crippen LogP contribution in [0.25, 0.3) is 0 Å². The summed E-state index contributed by atoms with van der Waals surface area (Å²) in [5, 5.41) is 0. The molecule has 0 spiro atoms. The number of hydrogen-bond donors (Lipinski definition) is 0. The Labute approximate surface area is 119 Å². The third-order valence-electron chi connectivity index (χ3n) is 3.29. The van der Waals surface area contributed by atoms with E-state index in [1.807, 2.05) is 18.8 Å².